The molecule has 1 aliphatic carbocycles. The third kappa shape index (κ3) is 2.90. The summed E-state index contributed by atoms with van der Waals surface area (Å²) in [5, 5.41) is 9.46. The van der Waals surface area contributed by atoms with Crippen LogP contribution in [0.25, 0.3) is 5.52 Å². The Morgan fingerprint density at radius 3 is 2.59 bits per heavy atom. The number of aromatic nitrogens is 1. The van der Waals surface area contributed by atoms with Crippen molar-refractivity contribution in [3.05, 3.63) is 45.1 Å². The van der Waals surface area contributed by atoms with Crippen molar-refractivity contribution >= 4 is 17.2 Å². The van der Waals surface area contributed by atoms with Gasteiger partial charge >= 0.3 is 5.97 Å². The zero-order valence-electron chi connectivity index (χ0n) is 15.4. The van der Waals surface area contributed by atoms with Gasteiger partial charge in [0.2, 0.25) is 0 Å². The molecule has 0 aromatic carbocycles. The quantitative estimate of drug-likeness (QED) is 0.864. The predicted molar refractivity (Wildman–Crippen MR) is 101 cm³/mol. The van der Waals surface area contributed by atoms with Crippen molar-refractivity contribution in [2.45, 2.75) is 51.0 Å². The third-order valence-electron chi connectivity index (χ3n) is 6.01. The van der Waals surface area contributed by atoms with Crippen LogP contribution in [0.15, 0.2) is 17.1 Å². The fourth-order valence-electron chi connectivity index (χ4n) is 4.72. The monoisotopic (exact) mass is 373 g/mol. The smallest absolute Gasteiger partial charge is 0.341 e. The van der Waals surface area contributed by atoms with E-state index in [9.17, 15) is 19.1 Å². The molecule has 1 aliphatic heterocycles. The van der Waals surface area contributed by atoms with Gasteiger partial charge in [0.05, 0.1) is 17.4 Å². The maximum atomic E-state index is 15.0. The molecule has 4 rings (SSSR count). The molecule has 1 atom stereocenters. The average Bonchev–Trinajstić information content (AvgIpc) is 3.27. The maximum Gasteiger partial charge on any atom is 0.341 e. The number of carboxylic acids is 1. The molecule has 6 nitrogen and oxygen atoms in total. The van der Waals surface area contributed by atoms with Crippen LogP contribution in [0.1, 0.15) is 59.5 Å². The van der Waals surface area contributed by atoms with Gasteiger partial charge in [0, 0.05) is 19.1 Å². The zero-order chi connectivity index (χ0) is 19.3. The lowest BCUT2D eigenvalue weighted by atomic mass is 9.93. The first-order valence-corrected chi connectivity index (χ1v) is 9.50. The fraction of sp³-hybridized carbons (Fsp3) is 0.500. The summed E-state index contributed by atoms with van der Waals surface area (Å²) < 4.78 is 16.2. The zero-order valence-corrected chi connectivity index (χ0v) is 15.4. The predicted octanol–water partition coefficient (Wildman–Crippen LogP) is 2.64. The van der Waals surface area contributed by atoms with E-state index in [0.29, 0.717) is 29.9 Å². The highest BCUT2D eigenvalue weighted by Gasteiger charge is 2.29. The minimum atomic E-state index is -1.28. The molecule has 2 aromatic rings. The van der Waals surface area contributed by atoms with Crippen molar-refractivity contribution in [3.63, 3.8) is 0 Å². The summed E-state index contributed by atoms with van der Waals surface area (Å²) in [6.45, 7) is 3.06. The molecule has 27 heavy (non-hydrogen) atoms. The van der Waals surface area contributed by atoms with Gasteiger partial charge in [0.1, 0.15) is 5.56 Å². The highest BCUT2D eigenvalue weighted by atomic mass is 19.1. The van der Waals surface area contributed by atoms with Crippen LogP contribution < -0.4 is 16.2 Å². The number of pyridine rings is 2. The van der Waals surface area contributed by atoms with Gasteiger partial charge in [-0.3, -0.25) is 9.20 Å². The van der Waals surface area contributed by atoms with E-state index in [4.69, 9.17) is 5.73 Å². The van der Waals surface area contributed by atoms with Crippen LogP contribution in [-0.4, -0.2) is 34.6 Å². The van der Waals surface area contributed by atoms with Crippen molar-refractivity contribution < 1.29 is 14.3 Å². The highest BCUT2D eigenvalue weighted by Crippen LogP contribution is 2.39. The molecule has 0 unspecified atom stereocenters. The first kappa shape index (κ1) is 18.0. The Hall–Kier alpha value is -2.41. The van der Waals surface area contributed by atoms with Crippen LogP contribution in [0, 0.1) is 12.7 Å². The standard InChI is InChI=1S/C20H24FN3O3/c1-11-17-14(12-4-2-3-5-12)8-15(20(26)27)19(25)24(17)10-16(21)18(11)23-7-6-13(22)9-23/h8,10,12-13H,2-7,9,22H2,1H3,(H,26,27)/t13-/m0/s1. The van der Waals surface area contributed by atoms with Gasteiger partial charge in [0.15, 0.2) is 5.82 Å². The van der Waals surface area contributed by atoms with Gasteiger partial charge in [-0.2, -0.15) is 0 Å². The van der Waals surface area contributed by atoms with Crippen LogP contribution in [0.2, 0.25) is 0 Å². The number of nitrogens with two attached hydrogens (primary N) is 1. The second kappa shape index (κ2) is 6.64. The van der Waals surface area contributed by atoms with Crippen LogP contribution in [-0.2, 0) is 0 Å². The number of nitrogens with zero attached hydrogens (tertiary/aromatic N) is 2. The molecule has 1 saturated carbocycles. The molecule has 3 heterocycles. The largest absolute Gasteiger partial charge is 0.477 e. The van der Waals surface area contributed by atoms with Crippen LogP contribution >= 0.6 is 0 Å². The number of rotatable bonds is 3. The molecule has 0 spiro atoms. The van der Waals surface area contributed by atoms with E-state index < -0.39 is 17.3 Å². The molecule has 3 N–H and O–H groups in total. The Morgan fingerprint density at radius 1 is 1.30 bits per heavy atom. The Labute approximate surface area is 156 Å². The SMILES string of the molecule is Cc1c(N2CC[C@H](N)C2)c(F)cn2c(=O)c(C(=O)O)cc(C3CCCC3)c12. The molecule has 2 fully saturated rings. The second-order valence-electron chi connectivity index (χ2n) is 7.77. The number of fused-ring (bicyclic) bond motifs is 1. The van der Waals surface area contributed by atoms with E-state index >= 15 is 0 Å². The Bertz CT molecular complexity index is 979. The lowest BCUT2D eigenvalue weighted by molar-refractivity contribution is 0.0694. The lowest BCUT2D eigenvalue weighted by Gasteiger charge is -2.25. The first-order valence-electron chi connectivity index (χ1n) is 9.50. The molecule has 2 aromatic heterocycles. The highest BCUT2D eigenvalue weighted by molar-refractivity contribution is 5.89. The first-order chi connectivity index (χ1) is 12.9. The fourth-order valence-corrected chi connectivity index (χ4v) is 4.72. The summed E-state index contributed by atoms with van der Waals surface area (Å²) >= 11 is 0. The molecular formula is C20H24FN3O3. The van der Waals surface area contributed by atoms with E-state index in [2.05, 4.69) is 0 Å². The number of anilines is 1. The van der Waals surface area contributed by atoms with Crippen molar-refractivity contribution in [1.82, 2.24) is 4.40 Å². The number of carbonyl (C=O) groups is 1. The normalized spacial score (nSPS) is 20.7. The van der Waals surface area contributed by atoms with Crippen molar-refractivity contribution in [2.24, 2.45) is 5.73 Å². The van der Waals surface area contributed by atoms with Crippen LogP contribution in [0.4, 0.5) is 10.1 Å². The van der Waals surface area contributed by atoms with Crippen LogP contribution in [0.5, 0.6) is 0 Å². The number of aryl methyl sites for hydroxylation is 1. The Morgan fingerprint density at radius 2 is 2.00 bits per heavy atom. The van der Waals surface area contributed by atoms with Crippen LogP contribution in [0.3, 0.4) is 0 Å². The minimum Gasteiger partial charge on any atom is -0.477 e. The summed E-state index contributed by atoms with van der Waals surface area (Å²) in [6.07, 6.45) is 6.00. The topological polar surface area (TPSA) is 88.0 Å². The van der Waals surface area contributed by atoms with Gasteiger partial charge in [-0.05, 0) is 49.3 Å². The van der Waals surface area contributed by atoms with Gasteiger partial charge in [0.25, 0.3) is 5.56 Å². The maximum absolute atomic E-state index is 15.0. The molecular weight excluding hydrogens is 349 g/mol. The van der Waals surface area contributed by atoms with E-state index in [1.807, 2.05) is 11.8 Å². The van der Waals surface area contributed by atoms with Gasteiger partial charge in [-0.1, -0.05) is 12.8 Å². The van der Waals surface area contributed by atoms with Gasteiger partial charge in [-0.25, -0.2) is 9.18 Å². The van der Waals surface area contributed by atoms with Crippen molar-refractivity contribution in [1.29, 1.82) is 0 Å². The number of halogens is 1. The Kier molecular flexibility index (Phi) is 4.42. The molecule has 0 amide bonds. The van der Waals surface area contributed by atoms with E-state index in [1.165, 1.54) is 10.5 Å². The second-order valence-corrected chi connectivity index (χ2v) is 7.77. The molecule has 7 heteroatoms. The summed E-state index contributed by atoms with van der Waals surface area (Å²) in [5.41, 5.74) is 7.65. The minimum absolute atomic E-state index is 0.00547. The number of hydrogen-bond donors (Lipinski definition) is 2. The van der Waals surface area contributed by atoms with Gasteiger partial charge in [-0.15, -0.1) is 0 Å². The Balaban J connectivity index is 2.02. The summed E-state index contributed by atoms with van der Waals surface area (Å²) in [5.74, 6) is -1.60. The number of aromatic carboxylic acids is 1. The van der Waals surface area contributed by atoms with E-state index in [-0.39, 0.29) is 17.5 Å². The molecule has 144 valence electrons. The number of hydrogen-bond acceptors (Lipinski definition) is 4. The summed E-state index contributed by atoms with van der Waals surface area (Å²) in [4.78, 5) is 26.2. The van der Waals surface area contributed by atoms with E-state index in [0.717, 1.165) is 43.9 Å². The lowest BCUT2D eigenvalue weighted by Crippen LogP contribution is -2.29. The molecule has 0 bridgehead atoms. The molecule has 2 aliphatic rings. The average molecular weight is 373 g/mol. The van der Waals surface area contributed by atoms with Gasteiger partial charge < -0.3 is 15.7 Å². The molecule has 1 saturated heterocycles. The summed E-state index contributed by atoms with van der Waals surface area (Å²) in [6, 6.07) is 1.52. The number of carboxylic acid groups (broad SMARTS) is 1. The third-order valence-corrected chi connectivity index (χ3v) is 6.01. The summed E-state index contributed by atoms with van der Waals surface area (Å²) in [7, 11) is 0. The van der Waals surface area contributed by atoms with E-state index in [1.54, 1.807) is 0 Å². The van der Waals surface area contributed by atoms with Crippen molar-refractivity contribution in [3.8, 4) is 0 Å². The van der Waals surface area contributed by atoms with Crippen molar-refractivity contribution in [2.75, 3.05) is 18.0 Å². The molecule has 0 radical (unpaired) electrons.